The van der Waals surface area contributed by atoms with Gasteiger partial charge in [-0.3, -0.25) is 9.59 Å². The topological polar surface area (TPSA) is 83.0 Å². The average molecular weight is 476 g/mol. The van der Waals surface area contributed by atoms with Gasteiger partial charge in [0.15, 0.2) is 0 Å². The summed E-state index contributed by atoms with van der Waals surface area (Å²) >= 11 is 5.84. The van der Waals surface area contributed by atoms with E-state index in [0.717, 1.165) is 11.4 Å². The predicted octanol–water partition coefficient (Wildman–Crippen LogP) is 4.26. The Kier molecular flexibility index (Phi) is 6.33. The molecule has 0 aliphatic carbocycles. The summed E-state index contributed by atoms with van der Waals surface area (Å²) < 4.78 is 19.6. The van der Waals surface area contributed by atoms with Crippen LogP contribution >= 0.6 is 11.6 Å². The zero-order valence-electron chi connectivity index (χ0n) is 18.8. The number of aromatic nitrogens is 1. The number of fused-ring (bicyclic) bond motifs is 1. The van der Waals surface area contributed by atoms with E-state index in [-0.39, 0.29) is 34.8 Å². The maximum absolute atomic E-state index is 14.1. The molecule has 2 aliphatic rings. The number of piperidine rings is 1. The molecular formula is C24H27ClFN3O4. The molecule has 0 spiro atoms. The van der Waals surface area contributed by atoms with Crippen molar-refractivity contribution >= 4 is 34.9 Å². The molecule has 9 heteroatoms. The van der Waals surface area contributed by atoms with Crippen LogP contribution in [0.3, 0.4) is 0 Å². The average Bonchev–Trinajstić information content (AvgIpc) is 3.05. The van der Waals surface area contributed by atoms with Gasteiger partial charge in [0.25, 0.3) is 5.91 Å². The van der Waals surface area contributed by atoms with Crippen molar-refractivity contribution in [3.8, 4) is 0 Å². The van der Waals surface area contributed by atoms with Gasteiger partial charge in [0.1, 0.15) is 11.5 Å². The molecule has 3 heterocycles. The lowest BCUT2D eigenvalue weighted by molar-refractivity contribution is -0.140. The summed E-state index contributed by atoms with van der Waals surface area (Å²) in [4.78, 5) is 32.8. The van der Waals surface area contributed by atoms with Crippen LogP contribution in [0.25, 0.3) is 0 Å². The fourth-order valence-electron chi connectivity index (χ4n) is 4.76. The van der Waals surface area contributed by atoms with Gasteiger partial charge in [0, 0.05) is 37.8 Å². The second kappa shape index (κ2) is 8.91. The van der Waals surface area contributed by atoms with Gasteiger partial charge in [-0.25, -0.2) is 9.37 Å². The largest absolute Gasteiger partial charge is 0.481 e. The second-order valence-corrected chi connectivity index (χ2v) is 9.71. The first-order chi connectivity index (χ1) is 15.6. The number of halogens is 2. The number of rotatable bonds is 5. The number of likely N-dealkylation sites (tertiary alicyclic amines) is 1. The standard InChI is InChI=1S/C24H27ClFN3O4/c1-24(2)13-29(15-4-5-16(25)17(26)11-15)19-7-6-18(27-22(19)24)23(32)28-9-8-14(10-21(30)31)20(12-28)33-3/h4-7,11,14,20H,8-10,12-13H2,1-3H3,(H,30,31)/t14-,20-/m0/s1. The number of amides is 1. The lowest BCUT2D eigenvalue weighted by Gasteiger charge is -2.37. The molecule has 176 valence electrons. The monoisotopic (exact) mass is 475 g/mol. The lowest BCUT2D eigenvalue weighted by Crippen LogP contribution is -2.48. The number of aliphatic carboxylic acids is 1. The van der Waals surface area contributed by atoms with Gasteiger partial charge < -0.3 is 19.6 Å². The Morgan fingerprint density at radius 1 is 1.30 bits per heavy atom. The summed E-state index contributed by atoms with van der Waals surface area (Å²) in [6.07, 6.45) is 0.246. The molecule has 1 saturated heterocycles. The van der Waals surface area contributed by atoms with Crippen molar-refractivity contribution in [2.75, 3.05) is 31.6 Å². The summed E-state index contributed by atoms with van der Waals surface area (Å²) in [5.41, 5.74) is 2.25. The van der Waals surface area contributed by atoms with E-state index in [1.54, 1.807) is 17.0 Å². The molecule has 2 aliphatic heterocycles. The third-order valence-corrected chi connectivity index (χ3v) is 6.82. The maximum atomic E-state index is 14.1. The van der Waals surface area contributed by atoms with Gasteiger partial charge in [-0.2, -0.15) is 0 Å². The van der Waals surface area contributed by atoms with Crippen LogP contribution in [-0.4, -0.2) is 59.7 Å². The number of anilines is 2. The van der Waals surface area contributed by atoms with E-state index in [0.29, 0.717) is 37.4 Å². The highest BCUT2D eigenvalue weighted by atomic mass is 35.5. The number of pyridine rings is 1. The van der Waals surface area contributed by atoms with Crippen LogP contribution in [0, 0.1) is 11.7 Å². The number of carbonyl (C=O) groups excluding carboxylic acids is 1. The summed E-state index contributed by atoms with van der Waals surface area (Å²) in [6, 6.07) is 8.23. The smallest absolute Gasteiger partial charge is 0.303 e. The predicted molar refractivity (Wildman–Crippen MR) is 123 cm³/mol. The van der Waals surface area contributed by atoms with Crippen molar-refractivity contribution < 1.29 is 23.8 Å². The first kappa shape index (κ1) is 23.4. The molecule has 0 radical (unpaired) electrons. The Hall–Kier alpha value is -2.71. The molecule has 2 atom stereocenters. The highest BCUT2D eigenvalue weighted by Crippen LogP contribution is 2.43. The minimum absolute atomic E-state index is 0.0208. The van der Waals surface area contributed by atoms with Crippen LogP contribution in [0.2, 0.25) is 5.02 Å². The molecular weight excluding hydrogens is 449 g/mol. The number of hydrogen-bond donors (Lipinski definition) is 1. The van der Waals surface area contributed by atoms with Gasteiger partial charge in [-0.15, -0.1) is 0 Å². The van der Waals surface area contributed by atoms with Crippen molar-refractivity contribution in [3.05, 3.63) is 52.6 Å². The van der Waals surface area contributed by atoms with Crippen molar-refractivity contribution in [2.24, 2.45) is 5.92 Å². The normalized spacial score (nSPS) is 21.7. The van der Waals surface area contributed by atoms with E-state index in [4.69, 9.17) is 26.4 Å². The number of hydrogen-bond acceptors (Lipinski definition) is 5. The number of ether oxygens (including phenoxy) is 1. The Labute approximate surface area is 197 Å². The van der Waals surface area contributed by atoms with Crippen LogP contribution < -0.4 is 4.90 Å². The van der Waals surface area contributed by atoms with Gasteiger partial charge in [0.2, 0.25) is 0 Å². The summed E-state index contributed by atoms with van der Waals surface area (Å²) in [5.74, 6) is -1.69. The van der Waals surface area contributed by atoms with E-state index in [1.807, 2.05) is 24.8 Å². The zero-order valence-corrected chi connectivity index (χ0v) is 19.6. The van der Waals surface area contributed by atoms with E-state index >= 15 is 0 Å². The Bertz CT molecular complexity index is 1090. The van der Waals surface area contributed by atoms with E-state index in [9.17, 15) is 14.0 Å². The number of benzene rings is 1. The first-order valence-corrected chi connectivity index (χ1v) is 11.3. The minimum Gasteiger partial charge on any atom is -0.481 e. The van der Waals surface area contributed by atoms with Crippen LogP contribution in [0.1, 0.15) is 42.9 Å². The molecule has 4 rings (SSSR count). The van der Waals surface area contributed by atoms with Gasteiger partial charge in [0.05, 0.1) is 28.9 Å². The fourth-order valence-corrected chi connectivity index (χ4v) is 4.88. The Balaban J connectivity index is 1.58. The maximum Gasteiger partial charge on any atom is 0.303 e. The van der Waals surface area contributed by atoms with Crippen LogP contribution in [-0.2, 0) is 14.9 Å². The zero-order chi connectivity index (χ0) is 23.9. The van der Waals surface area contributed by atoms with Crippen molar-refractivity contribution in [3.63, 3.8) is 0 Å². The first-order valence-electron chi connectivity index (χ1n) is 10.9. The van der Waals surface area contributed by atoms with Crippen molar-refractivity contribution in [1.29, 1.82) is 0 Å². The lowest BCUT2D eigenvalue weighted by atomic mass is 9.90. The summed E-state index contributed by atoms with van der Waals surface area (Å²) in [5, 5.41) is 9.19. The summed E-state index contributed by atoms with van der Waals surface area (Å²) in [7, 11) is 1.54. The molecule has 2 aromatic rings. The van der Waals surface area contributed by atoms with Crippen LogP contribution in [0.15, 0.2) is 30.3 Å². The van der Waals surface area contributed by atoms with Crippen LogP contribution in [0.4, 0.5) is 15.8 Å². The highest BCUT2D eigenvalue weighted by Gasteiger charge is 2.39. The number of carboxylic acids is 1. The number of methoxy groups -OCH3 is 1. The second-order valence-electron chi connectivity index (χ2n) is 9.30. The van der Waals surface area contributed by atoms with E-state index in [1.165, 1.54) is 19.2 Å². The minimum atomic E-state index is -0.866. The third kappa shape index (κ3) is 4.54. The molecule has 0 saturated carbocycles. The van der Waals surface area contributed by atoms with Gasteiger partial charge >= 0.3 is 5.97 Å². The molecule has 0 unspecified atom stereocenters. The Morgan fingerprint density at radius 3 is 2.73 bits per heavy atom. The Morgan fingerprint density at radius 2 is 2.06 bits per heavy atom. The van der Waals surface area contributed by atoms with Crippen molar-refractivity contribution in [2.45, 2.75) is 38.2 Å². The van der Waals surface area contributed by atoms with E-state index in [2.05, 4.69) is 0 Å². The molecule has 1 amide bonds. The summed E-state index contributed by atoms with van der Waals surface area (Å²) in [6.45, 7) is 5.44. The molecule has 1 fully saturated rings. The molecule has 7 nitrogen and oxygen atoms in total. The third-order valence-electron chi connectivity index (χ3n) is 6.52. The van der Waals surface area contributed by atoms with E-state index < -0.39 is 11.8 Å². The quantitative estimate of drug-likeness (QED) is 0.696. The molecule has 1 aromatic heterocycles. The highest BCUT2D eigenvalue weighted by molar-refractivity contribution is 6.30. The molecule has 1 aromatic carbocycles. The van der Waals surface area contributed by atoms with Crippen molar-refractivity contribution in [1.82, 2.24) is 9.88 Å². The van der Waals surface area contributed by atoms with Gasteiger partial charge in [-0.1, -0.05) is 25.4 Å². The molecule has 33 heavy (non-hydrogen) atoms. The fraction of sp³-hybridized carbons (Fsp3) is 0.458. The molecule has 0 bridgehead atoms. The SMILES string of the molecule is CO[C@H]1CN(C(=O)c2ccc3c(n2)C(C)(C)CN3c2ccc(Cl)c(F)c2)CC[C@H]1CC(=O)O. The van der Waals surface area contributed by atoms with Crippen LogP contribution in [0.5, 0.6) is 0 Å². The number of nitrogens with zero attached hydrogens (tertiary/aromatic N) is 3. The number of carbonyl (C=O) groups is 2. The number of carboxylic acid groups (broad SMARTS) is 1. The van der Waals surface area contributed by atoms with Gasteiger partial charge in [-0.05, 0) is 42.7 Å². The molecule has 1 N–H and O–H groups in total.